The van der Waals surface area contributed by atoms with Gasteiger partial charge >= 0.3 is 5.97 Å². The molecule has 4 nitrogen and oxygen atoms in total. The van der Waals surface area contributed by atoms with Crippen molar-refractivity contribution in [1.82, 2.24) is 0 Å². The maximum absolute atomic E-state index is 12.8. The third-order valence-corrected chi connectivity index (χ3v) is 7.11. The molecule has 142 valence electrons. The van der Waals surface area contributed by atoms with E-state index in [1.165, 1.54) is 11.3 Å². The van der Waals surface area contributed by atoms with Crippen molar-refractivity contribution in [2.45, 2.75) is 6.42 Å². The molecule has 0 saturated carbocycles. The Morgan fingerprint density at radius 2 is 1.72 bits per heavy atom. The summed E-state index contributed by atoms with van der Waals surface area (Å²) in [5.74, 6) is -1.01. The Balaban J connectivity index is 1.52. The van der Waals surface area contributed by atoms with Crippen LogP contribution in [0.1, 0.15) is 26.5 Å². The summed E-state index contributed by atoms with van der Waals surface area (Å²) >= 11 is 2.92. The molecule has 0 unspecified atom stereocenters. The van der Waals surface area contributed by atoms with Crippen molar-refractivity contribution in [1.29, 1.82) is 0 Å². The summed E-state index contributed by atoms with van der Waals surface area (Å²) < 4.78 is 6.75. The van der Waals surface area contributed by atoms with E-state index in [0.717, 1.165) is 20.3 Å². The quantitative estimate of drug-likeness (QED) is 0.331. The minimum absolute atomic E-state index is 0.0111. The molecule has 0 aliphatic rings. The summed E-state index contributed by atoms with van der Waals surface area (Å²) in [5.41, 5.74) is 1.36. The number of ketones is 1. The van der Waals surface area contributed by atoms with Crippen molar-refractivity contribution < 1.29 is 19.1 Å². The lowest BCUT2D eigenvalue weighted by Gasteiger charge is -2.01. The Morgan fingerprint density at radius 1 is 0.966 bits per heavy atom. The zero-order chi connectivity index (χ0) is 20.0. The Morgan fingerprint density at radius 3 is 2.48 bits per heavy atom. The summed E-state index contributed by atoms with van der Waals surface area (Å²) in [6.45, 7) is 0. The van der Waals surface area contributed by atoms with Crippen molar-refractivity contribution in [2.75, 3.05) is 0 Å². The summed E-state index contributed by atoms with van der Waals surface area (Å²) in [6, 6.07) is 19.1. The van der Waals surface area contributed by atoms with Gasteiger partial charge in [-0.15, -0.1) is 22.7 Å². The van der Waals surface area contributed by atoms with Crippen LogP contribution in [0.5, 0.6) is 0 Å². The fourth-order valence-corrected chi connectivity index (χ4v) is 5.66. The summed E-state index contributed by atoms with van der Waals surface area (Å²) in [7, 11) is 0. The number of benzene rings is 2. The molecule has 0 atom stereocenters. The smallest absolute Gasteiger partial charge is 0.337 e. The van der Waals surface area contributed by atoms with Gasteiger partial charge in [0.1, 0.15) is 5.58 Å². The van der Waals surface area contributed by atoms with Crippen LogP contribution in [0.3, 0.4) is 0 Å². The Labute approximate surface area is 173 Å². The van der Waals surface area contributed by atoms with Crippen LogP contribution in [0.2, 0.25) is 0 Å². The number of Topliss-reactive ketones (excluding diaryl/α,β-unsaturated/α-hetero) is 1. The number of furan rings is 1. The van der Waals surface area contributed by atoms with E-state index < -0.39 is 5.97 Å². The molecule has 29 heavy (non-hydrogen) atoms. The highest BCUT2D eigenvalue weighted by Gasteiger charge is 2.24. The van der Waals surface area contributed by atoms with Gasteiger partial charge in [0.2, 0.25) is 5.78 Å². The van der Waals surface area contributed by atoms with Gasteiger partial charge in [0.05, 0.1) is 10.4 Å². The number of para-hydroxylation sites is 1. The van der Waals surface area contributed by atoms with Crippen molar-refractivity contribution >= 4 is 55.5 Å². The average molecular weight is 418 g/mol. The van der Waals surface area contributed by atoms with Crippen LogP contribution in [-0.4, -0.2) is 16.9 Å². The van der Waals surface area contributed by atoms with Gasteiger partial charge in [0.15, 0.2) is 5.76 Å². The standard InChI is InChI=1S/C23H14O4S2/c24-16(18-10-13-5-1-3-7-17(13)27-18)9-15-12-28-22(21(15)23(25)26)20-11-14-6-2-4-8-19(14)29-20/h1-8,10-12H,9H2,(H,25,26). The van der Waals surface area contributed by atoms with Gasteiger partial charge in [-0.2, -0.15) is 0 Å². The average Bonchev–Trinajstić information content (AvgIpc) is 3.43. The third-order valence-electron chi connectivity index (χ3n) is 4.78. The molecule has 5 aromatic rings. The summed E-state index contributed by atoms with van der Waals surface area (Å²) in [4.78, 5) is 26.4. The van der Waals surface area contributed by atoms with Crippen LogP contribution in [0, 0.1) is 0 Å². The van der Waals surface area contributed by atoms with Crippen molar-refractivity contribution in [3.05, 3.63) is 82.9 Å². The number of carbonyl (C=O) groups excluding carboxylic acids is 1. The molecule has 3 heterocycles. The van der Waals surface area contributed by atoms with Gasteiger partial charge in [-0.1, -0.05) is 36.4 Å². The fourth-order valence-electron chi connectivity index (χ4n) is 3.41. The number of carboxylic acids is 1. The number of rotatable bonds is 5. The molecule has 0 amide bonds. The van der Waals surface area contributed by atoms with Gasteiger partial charge in [-0.05, 0) is 40.6 Å². The first-order chi connectivity index (χ1) is 14.1. The minimum Gasteiger partial charge on any atom is -0.478 e. The molecule has 3 aromatic heterocycles. The van der Waals surface area contributed by atoms with E-state index in [4.69, 9.17) is 4.42 Å². The Hall–Kier alpha value is -3.22. The van der Waals surface area contributed by atoms with E-state index in [1.54, 1.807) is 28.8 Å². The minimum atomic E-state index is -1.02. The molecule has 5 rings (SSSR count). The highest BCUT2D eigenvalue weighted by Crippen LogP contribution is 2.40. The lowest BCUT2D eigenvalue weighted by atomic mass is 10.0. The van der Waals surface area contributed by atoms with Gasteiger partial charge in [0, 0.05) is 21.4 Å². The van der Waals surface area contributed by atoms with Crippen LogP contribution < -0.4 is 0 Å². The van der Waals surface area contributed by atoms with E-state index in [-0.39, 0.29) is 23.5 Å². The molecule has 0 saturated heterocycles. The molecule has 0 spiro atoms. The highest BCUT2D eigenvalue weighted by atomic mass is 32.1. The van der Waals surface area contributed by atoms with Gasteiger partial charge < -0.3 is 9.52 Å². The van der Waals surface area contributed by atoms with Crippen molar-refractivity contribution in [3.8, 4) is 9.75 Å². The second-order valence-corrected chi connectivity index (χ2v) is 8.63. The van der Waals surface area contributed by atoms with E-state index >= 15 is 0 Å². The molecule has 2 aromatic carbocycles. The predicted octanol–water partition coefficient (Wildman–Crippen LogP) is 6.50. The predicted molar refractivity (Wildman–Crippen MR) is 116 cm³/mol. The number of aromatic carboxylic acids is 1. The first-order valence-corrected chi connectivity index (χ1v) is 10.6. The second kappa shape index (κ2) is 6.99. The number of carbonyl (C=O) groups is 2. The maximum Gasteiger partial charge on any atom is 0.337 e. The molecule has 0 aliphatic heterocycles. The normalized spacial score (nSPS) is 11.3. The van der Waals surface area contributed by atoms with E-state index in [1.807, 2.05) is 48.5 Å². The monoisotopic (exact) mass is 418 g/mol. The number of thiophene rings is 2. The Kier molecular flexibility index (Phi) is 4.30. The van der Waals surface area contributed by atoms with E-state index in [2.05, 4.69) is 0 Å². The van der Waals surface area contributed by atoms with Crippen molar-refractivity contribution in [2.24, 2.45) is 0 Å². The third kappa shape index (κ3) is 3.16. The fraction of sp³-hybridized carbons (Fsp3) is 0.0435. The topological polar surface area (TPSA) is 67.5 Å². The first-order valence-electron chi connectivity index (χ1n) is 8.94. The van der Waals surface area contributed by atoms with Crippen LogP contribution in [0.25, 0.3) is 30.8 Å². The zero-order valence-corrected chi connectivity index (χ0v) is 16.7. The molecular formula is C23H14O4S2. The summed E-state index contributed by atoms with van der Waals surface area (Å²) in [6.07, 6.45) is -0.0111. The molecule has 0 radical (unpaired) electrons. The largest absolute Gasteiger partial charge is 0.478 e. The Bertz CT molecular complexity index is 1320. The molecule has 0 fully saturated rings. The van der Waals surface area contributed by atoms with Crippen LogP contribution in [0.15, 0.2) is 70.5 Å². The van der Waals surface area contributed by atoms with E-state index in [9.17, 15) is 14.7 Å². The second-order valence-electron chi connectivity index (χ2n) is 6.67. The number of carboxylic acid groups (broad SMARTS) is 1. The molecule has 1 N–H and O–H groups in total. The maximum atomic E-state index is 12.8. The molecular weight excluding hydrogens is 404 g/mol. The SMILES string of the molecule is O=C(Cc1csc(-c2cc3ccccc3s2)c1C(=O)O)c1cc2ccccc2o1. The lowest BCUT2D eigenvalue weighted by Crippen LogP contribution is -2.07. The van der Waals surface area contributed by atoms with Crippen LogP contribution in [0.4, 0.5) is 0 Å². The van der Waals surface area contributed by atoms with Gasteiger partial charge in [0.25, 0.3) is 0 Å². The number of hydrogen-bond acceptors (Lipinski definition) is 5. The lowest BCUT2D eigenvalue weighted by molar-refractivity contribution is 0.0697. The molecule has 0 bridgehead atoms. The van der Waals surface area contributed by atoms with E-state index in [0.29, 0.717) is 16.0 Å². The number of hydrogen-bond donors (Lipinski definition) is 1. The van der Waals surface area contributed by atoms with Gasteiger partial charge in [-0.3, -0.25) is 4.79 Å². The van der Waals surface area contributed by atoms with Crippen LogP contribution in [-0.2, 0) is 6.42 Å². The number of fused-ring (bicyclic) bond motifs is 2. The summed E-state index contributed by atoms with van der Waals surface area (Å²) in [5, 5.41) is 13.5. The molecule has 0 aliphatic carbocycles. The molecule has 6 heteroatoms. The first kappa shape index (κ1) is 17.8. The van der Waals surface area contributed by atoms with Gasteiger partial charge in [-0.25, -0.2) is 4.79 Å². The van der Waals surface area contributed by atoms with Crippen LogP contribution >= 0.6 is 22.7 Å². The van der Waals surface area contributed by atoms with Crippen molar-refractivity contribution in [3.63, 3.8) is 0 Å². The zero-order valence-electron chi connectivity index (χ0n) is 15.0. The highest BCUT2D eigenvalue weighted by molar-refractivity contribution is 7.25.